The maximum Gasteiger partial charge on any atom is 0.340 e. The van der Waals surface area contributed by atoms with E-state index < -0.39 is 18.5 Å². The number of amides is 1. The summed E-state index contributed by atoms with van der Waals surface area (Å²) in [6, 6.07) is 6.73. The highest BCUT2D eigenvalue weighted by Crippen LogP contribution is 2.41. The molecule has 168 valence electrons. The minimum absolute atomic E-state index is 0.120. The van der Waals surface area contributed by atoms with Crippen LogP contribution in [0.4, 0.5) is 5.69 Å². The first-order valence-corrected chi connectivity index (χ1v) is 10.9. The number of ether oxygens (including phenoxy) is 4. The summed E-state index contributed by atoms with van der Waals surface area (Å²) < 4.78 is 21.0. The minimum Gasteiger partial charge on any atom is -0.493 e. The number of carbonyl (C=O) groups excluding carboxylic acids is 2. The summed E-state index contributed by atoms with van der Waals surface area (Å²) in [7, 11) is 4.40. The lowest BCUT2D eigenvalue weighted by Crippen LogP contribution is -2.21. The van der Waals surface area contributed by atoms with E-state index in [2.05, 4.69) is 10.3 Å². The van der Waals surface area contributed by atoms with Crippen molar-refractivity contribution < 1.29 is 28.5 Å². The number of aromatic nitrogens is 1. The van der Waals surface area contributed by atoms with Crippen LogP contribution in [0.5, 0.6) is 17.2 Å². The van der Waals surface area contributed by atoms with Crippen LogP contribution in [0.25, 0.3) is 0 Å². The Balaban J connectivity index is 1.73. The molecular weight excluding hydrogens is 434 g/mol. The average molecular weight is 458 g/mol. The van der Waals surface area contributed by atoms with Gasteiger partial charge in [0.25, 0.3) is 5.91 Å². The Kier molecular flexibility index (Phi) is 7.43. The van der Waals surface area contributed by atoms with E-state index in [9.17, 15) is 14.9 Å². The number of hydrogen-bond donors (Lipinski definition) is 1. The maximum absolute atomic E-state index is 12.7. The number of hydrogen-bond acceptors (Lipinski definition) is 9. The van der Waals surface area contributed by atoms with Crippen molar-refractivity contribution >= 4 is 29.3 Å². The SMILES string of the molecule is COc1cc(NC(=O)COC(=O)c2cc(C3CC3)nc(SC)c2C#N)cc(OC)c1OC. The van der Waals surface area contributed by atoms with Crippen molar-refractivity contribution in [2.24, 2.45) is 0 Å². The second kappa shape index (κ2) is 10.2. The zero-order valence-corrected chi connectivity index (χ0v) is 19.0. The van der Waals surface area contributed by atoms with Crippen molar-refractivity contribution in [2.45, 2.75) is 23.8 Å². The van der Waals surface area contributed by atoms with Crippen LogP contribution < -0.4 is 19.5 Å². The predicted octanol–water partition coefficient (Wildman–Crippen LogP) is 3.37. The number of methoxy groups -OCH3 is 3. The summed E-state index contributed by atoms with van der Waals surface area (Å²) >= 11 is 1.29. The number of esters is 1. The van der Waals surface area contributed by atoms with E-state index in [0.717, 1.165) is 18.5 Å². The molecule has 1 aromatic carbocycles. The predicted molar refractivity (Wildman–Crippen MR) is 118 cm³/mol. The van der Waals surface area contributed by atoms with Gasteiger partial charge in [-0.1, -0.05) is 0 Å². The van der Waals surface area contributed by atoms with E-state index in [-0.39, 0.29) is 11.1 Å². The van der Waals surface area contributed by atoms with Crippen LogP contribution in [0.3, 0.4) is 0 Å². The Bertz CT molecular complexity index is 1050. The summed E-state index contributed by atoms with van der Waals surface area (Å²) in [5.74, 6) is 0.105. The molecule has 9 nitrogen and oxygen atoms in total. The van der Waals surface area contributed by atoms with Crippen molar-refractivity contribution in [1.82, 2.24) is 4.98 Å². The van der Waals surface area contributed by atoms with Crippen LogP contribution in [0, 0.1) is 11.3 Å². The molecule has 0 aliphatic heterocycles. The van der Waals surface area contributed by atoms with Crippen LogP contribution in [-0.2, 0) is 9.53 Å². The third kappa shape index (κ3) is 5.06. The van der Waals surface area contributed by atoms with Crippen LogP contribution in [0.15, 0.2) is 23.2 Å². The van der Waals surface area contributed by atoms with Crippen molar-refractivity contribution in [2.75, 3.05) is 39.5 Å². The van der Waals surface area contributed by atoms with Gasteiger partial charge in [0.1, 0.15) is 11.1 Å². The fraction of sp³-hybridized carbons (Fsp3) is 0.364. The molecule has 2 aromatic rings. The van der Waals surface area contributed by atoms with Gasteiger partial charge in [0, 0.05) is 29.4 Å². The number of thioether (sulfide) groups is 1. The van der Waals surface area contributed by atoms with E-state index in [0.29, 0.717) is 33.9 Å². The average Bonchev–Trinajstić information content (AvgIpc) is 3.66. The Labute approximate surface area is 190 Å². The standard InChI is InChI=1S/C22H23N3O6S/c1-28-17-7-13(8-18(29-2)20(17)30-3)24-19(26)11-31-22(27)14-9-16(12-5-6-12)25-21(32-4)15(14)10-23/h7-9,12H,5-6,11H2,1-4H3,(H,24,26). The highest BCUT2D eigenvalue weighted by Gasteiger charge is 2.29. The number of nitrogens with one attached hydrogen (secondary N) is 1. The van der Waals surface area contributed by atoms with Gasteiger partial charge in [-0.05, 0) is 25.2 Å². The Morgan fingerprint density at radius 1 is 1.16 bits per heavy atom. The molecule has 1 aliphatic rings. The summed E-state index contributed by atoms with van der Waals surface area (Å²) in [6.07, 6.45) is 3.79. The molecule has 1 heterocycles. The lowest BCUT2D eigenvalue weighted by atomic mass is 10.1. The van der Waals surface area contributed by atoms with Crippen LogP contribution >= 0.6 is 11.8 Å². The van der Waals surface area contributed by atoms with Gasteiger partial charge in [-0.25, -0.2) is 9.78 Å². The molecule has 32 heavy (non-hydrogen) atoms. The lowest BCUT2D eigenvalue weighted by molar-refractivity contribution is -0.119. The van der Waals surface area contributed by atoms with E-state index in [1.54, 1.807) is 24.5 Å². The second-order valence-electron chi connectivity index (χ2n) is 6.90. The quantitative estimate of drug-likeness (QED) is 0.446. The molecule has 1 aromatic heterocycles. The smallest absolute Gasteiger partial charge is 0.340 e. The second-order valence-corrected chi connectivity index (χ2v) is 7.70. The normalized spacial score (nSPS) is 12.5. The largest absolute Gasteiger partial charge is 0.493 e. The first-order valence-electron chi connectivity index (χ1n) is 9.71. The third-order valence-corrected chi connectivity index (χ3v) is 5.49. The van der Waals surface area contributed by atoms with Gasteiger partial charge >= 0.3 is 5.97 Å². The fourth-order valence-electron chi connectivity index (χ4n) is 3.10. The molecule has 0 bridgehead atoms. The van der Waals surface area contributed by atoms with Crippen LogP contribution in [0.1, 0.15) is 40.4 Å². The molecule has 0 unspecified atom stereocenters. The molecule has 1 aliphatic carbocycles. The number of benzene rings is 1. The van der Waals surface area contributed by atoms with Crippen molar-refractivity contribution in [1.29, 1.82) is 5.26 Å². The fourth-order valence-corrected chi connectivity index (χ4v) is 3.66. The van der Waals surface area contributed by atoms with Crippen molar-refractivity contribution in [3.05, 3.63) is 35.0 Å². The number of nitriles is 1. The van der Waals surface area contributed by atoms with E-state index in [1.165, 1.54) is 33.1 Å². The van der Waals surface area contributed by atoms with Gasteiger partial charge in [0.2, 0.25) is 5.75 Å². The summed E-state index contributed by atoms with van der Waals surface area (Å²) in [6.45, 7) is -0.532. The summed E-state index contributed by atoms with van der Waals surface area (Å²) in [4.78, 5) is 29.5. The molecule has 0 radical (unpaired) electrons. The lowest BCUT2D eigenvalue weighted by Gasteiger charge is -2.15. The monoisotopic (exact) mass is 457 g/mol. The molecule has 10 heteroatoms. The Hall–Kier alpha value is -3.45. The molecule has 1 saturated carbocycles. The maximum atomic E-state index is 12.7. The van der Waals surface area contributed by atoms with Gasteiger partial charge in [-0.15, -0.1) is 11.8 Å². The molecule has 0 saturated heterocycles. The molecule has 0 atom stereocenters. The summed E-state index contributed by atoms with van der Waals surface area (Å²) in [5, 5.41) is 12.6. The zero-order valence-electron chi connectivity index (χ0n) is 18.2. The Morgan fingerprint density at radius 2 is 1.81 bits per heavy atom. The van der Waals surface area contributed by atoms with Gasteiger partial charge in [-0.2, -0.15) is 5.26 Å². The number of anilines is 1. The number of carbonyl (C=O) groups is 2. The van der Waals surface area contributed by atoms with E-state index in [4.69, 9.17) is 18.9 Å². The molecular formula is C22H23N3O6S. The molecule has 1 amide bonds. The molecule has 3 rings (SSSR count). The highest BCUT2D eigenvalue weighted by molar-refractivity contribution is 7.98. The summed E-state index contributed by atoms with van der Waals surface area (Å²) in [5.41, 5.74) is 1.41. The van der Waals surface area contributed by atoms with E-state index >= 15 is 0 Å². The number of nitrogens with zero attached hydrogens (tertiary/aromatic N) is 2. The Morgan fingerprint density at radius 3 is 2.31 bits per heavy atom. The topological polar surface area (TPSA) is 120 Å². The third-order valence-electron chi connectivity index (χ3n) is 4.81. The number of pyridine rings is 1. The molecule has 0 spiro atoms. The zero-order chi connectivity index (χ0) is 23.3. The van der Waals surface area contributed by atoms with Crippen LogP contribution in [-0.4, -0.2) is 51.1 Å². The van der Waals surface area contributed by atoms with E-state index in [1.807, 2.05) is 6.07 Å². The first kappa shape index (κ1) is 23.2. The van der Waals surface area contributed by atoms with Gasteiger partial charge < -0.3 is 24.3 Å². The van der Waals surface area contributed by atoms with Gasteiger partial charge in [0.15, 0.2) is 18.1 Å². The van der Waals surface area contributed by atoms with Crippen molar-refractivity contribution in [3.8, 4) is 23.3 Å². The number of rotatable bonds is 9. The first-order chi connectivity index (χ1) is 15.4. The van der Waals surface area contributed by atoms with Gasteiger partial charge in [0.05, 0.1) is 32.5 Å². The highest BCUT2D eigenvalue weighted by atomic mass is 32.2. The molecule has 1 fully saturated rings. The molecule has 1 N–H and O–H groups in total. The van der Waals surface area contributed by atoms with Crippen LogP contribution in [0.2, 0.25) is 0 Å². The van der Waals surface area contributed by atoms with Crippen molar-refractivity contribution in [3.63, 3.8) is 0 Å². The minimum atomic E-state index is -0.749. The van der Waals surface area contributed by atoms with Gasteiger partial charge in [-0.3, -0.25) is 4.79 Å².